The maximum absolute atomic E-state index is 14.3. The van der Waals surface area contributed by atoms with Gasteiger partial charge >= 0.3 is 0 Å². The molecule has 1 atom stereocenters. The number of hydrogen-bond donors (Lipinski definition) is 2. The Kier molecular flexibility index (Phi) is 4.49. The van der Waals surface area contributed by atoms with Gasteiger partial charge in [-0.05, 0) is 12.1 Å². The van der Waals surface area contributed by atoms with Crippen molar-refractivity contribution in [3.05, 3.63) is 53.5 Å². The molecule has 20 heavy (non-hydrogen) atoms. The summed E-state index contributed by atoms with van der Waals surface area (Å²) < 4.78 is 24.5. The molecule has 0 aliphatic rings. The molecule has 106 valence electrons. The third-order valence-corrected chi connectivity index (χ3v) is 3.00. The Morgan fingerprint density at radius 3 is 2.55 bits per heavy atom. The van der Waals surface area contributed by atoms with E-state index in [1.807, 2.05) is 0 Å². The third-order valence-electron chi connectivity index (χ3n) is 3.00. The van der Waals surface area contributed by atoms with Gasteiger partial charge in [0.25, 0.3) is 0 Å². The molecular formula is C14H16FN3O2. The summed E-state index contributed by atoms with van der Waals surface area (Å²) in [5.41, 5.74) is 3.59. The van der Waals surface area contributed by atoms with Crippen LogP contribution in [0.4, 0.5) is 4.39 Å². The Hall–Kier alpha value is -2.18. The van der Waals surface area contributed by atoms with Gasteiger partial charge in [-0.2, -0.15) is 0 Å². The Balaban J connectivity index is 2.53. The minimum Gasteiger partial charge on any atom is -0.494 e. The molecule has 6 heteroatoms. The van der Waals surface area contributed by atoms with Gasteiger partial charge in [-0.15, -0.1) is 0 Å². The highest BCUT2D eigenvalue weighted by atomic mass is 19.1. The van der Waals surface area contributed by atoms with Crippen LogP contribution in [0.5, 0.6) is 11.6 Å². The summed E-state index contributed by atoms with van der Waals surface area (Å²) in [5.74, 6) is 5.66. The molecule has 0 bridgehead atoms. The van der Waals surface area contributed by atoms with E-state index in [0.717, 1.165) is 0 Å². The SMILES string of the molecule is COc1cccc(C(NN)c2cccnc2OC)c1F. The fraction of sp³-hybridized carbons (Fsp3) is 0.214. The first-order valence-electron chi connectivity index (χ1n) is 6.00. The van der Waals surface area contributed by atoms with Crippen molar-refractivity contribution in [2.24, 2.45) is 5.84 Å². The van der Waals surface area contributed by atoms with Crippen molar-refractivity contribution >= 4 is 0 Å². The van der Waals surface area contributed by atoms with Gasteiger partial charge in [-0.25, -0.2) is 14.8 Å². The molecule has 0 aliphatic heterocycles. The molecular weight excluding hydrogens is 261 g/mol. The molecule has 2 rings (SSSR count). The molecule has 0 spiro atoms. The number of nitrogens with zero attached hydrogens (tertiary/aromatic N) is 1. The molecule has 0 radical (unpaired) electrons. The van der Waals surface area contributed by atoms with Crippen molar-refractivity contribution in [1.29, 1.82) is 0 Å². The van der Waals surface area contributed by atoms with Gasteiger partial charge in [-0.1, -0.05) is 18.2 Å². The molecule has 2 aromatic rings. The minimum atomic E-state index is -0.589. The Labute approximate surface area is 116 Å². The highest BCUT2D eigenvalue weighted by Crippen LogP contribution is 2.32. The Bertz CT molecular complexity index is 592. The summed E-state index contributed by atoms with van der Waals surface area (Å²) in [7, 11) is 2.92. The van der Waals surface area contributed by atoms with Crippen molar-refractivity contribution in [3.63, 3.8) is 0 Å². The van der Waals surface area contributed by atoms with Crippen LogP contribution in [0, 0.1) is 5.82 Å². The third kappa shape index (κ3) is 2.56. The molecule has 1 aromatic heterocycles. The van der Waals surface area contributed by atoms with E-state index in [2.05, 4.69) is 10.4 Å². The van der Waals surface area contributed by atoms with Gasteiger partial charge in [-0.3, -0.25) is 5.84 Å². The largest absolute Gasteiger partial charge is 0.494 e. The zero-order valence-electron chi connectivity index (χ0n) is 11.3. The smallest absolute Gasteiger partial charge is 0.218 e. The second-order valence-electron chi connectivity index (χ2n) is 4.07. The van der Waals surface area contributed by atoms with Crippen molar-refractivity contribution in [2.75, 3.05) is 14.2 Å². The summed E-state index contributed by atoms with van der Waals surface area (Å²) in [5, 5.41) is 0. The Morgan fingerprint density at radius 2 is 1.90 bits per heavy atom. The molecule has 3 N–H and O–H groups in total. The van der Waals surface area contributed by atoms with Gasteiger partial charge in [0.05, 0.1) is 20.3 Å². The average molecular weight is 277 g/mol. The summed E-state index contributed by atoms with van der Waals surface area (Å²) in [6, 6.07) is 7.80. The summed E-state index contributed by atoms with van der Waals surface area (Å²) >= 11 is 0. The maximum Gasteiger partial charge on any atom is 0.218 e. The molecule has 1 aromatic carbocycles. The minimum absolute atomic E-state index is 0.158. The van der Waals surface area contributed by atoms with Crippen molar-refractivity contribution in [2.45, 2.75) is 6.04 Å². The molecule has 1 unspecified atom stereocenters. The average Bonchev–Trinajstić information content (AvgIpc) is 2.50. The van der Waals surface area contributed by atoms with Crippen molar-refractivity contribution in [1.82, 2.24) is 10.4 Å². The molecule has 0 aliphatic carbocycles. The number of methoxy groups -OCH3 is 2. The molecule has 0 saturated heterocycles. The number of nitrogens with one attached hydrogen (secondary N) is 1. The fourth-order valence-corrected chi connectivity index (χ4v) is 2.05. The van der Waals surface area contributed by atoms with E-state index < -0.39 is 11.9 Å². The van der Waals surface area contributed by atoms with E-state index in [9.17, 15) is 4.39 Å². The highest BCUT2D eigenvalue weighted by Gasteiger charge is 2.22. The number of rotatable bonds is 5. The molecule has 1 heterocycles. The second-order valence-corrected chi connectivity index (χ2v) is 4.07. The van der Waals surface area contributed by atoms with Crippen LogP contribution in [0.15, 0.2) is 36.5 Å². The number of hydrogen-bond acceptors (Lipinski definition) is 5. The summed E-state index contributed by atoms with van der Waals surface area (Å²) in [6.45, 7) is 0. The van der Waals surface area contributed by atoms with E-state index >= 15 is 0 Å². The normalized spacial score (nSPS) is 12.0. The monoisotopic (exact) mass is 277 g/mol. The lowest BCUT2D eigenvalue weighted by molar-refractivity contribution is 0.376. The fourth-order valence-electron chi connectivity index (χ4n) is 2.05. The first kappa shape index (κ1) is 14.2. The van der Waals surface area contributed by atoms with E-state index in [1.165, 1.54) is 14.2 Å². The maximum atomic E-state index is 14.3. The van der Waals surface area contributed by atoms with E-state index in [4.69, 9.17) is 15.3 Å². The lowest BCUT2D eigenvalue weighted by Crippen LogP contribution is -2.30. The number of pyridine rings is 1. The van der Waals surface area contributed by atoms with Crippen LogP contribution in [0.2, 0.25) is 0 Å². The van der Waals surface area contributed by atoms with Gasteiger partial charge in [0.2, 0.25) is 5.88 Å². The quantitative estimate of drug-likeness (QED) is 0.644. The number of aromatic nitrogens is 1. The zero-order valence-corrected chi connectivity index (χ0v) is 11.3. The predicted octanol–water partition coefficient (Wildman–Crippen LogP) is 1.79. The molecule has 0 saturated carbocycles. The highest BCUT2D eigenvalue weighted by molar-refractivity contribution is 5.41. The van der Waals surface area contributed by atoms with E-state index in [1.54, 1.807) is 36.5 Å². The topological polar surface area (TPSA) is 69.4 Å². The van der Waals surface area contributed by atoms with Crippen LogP contribution >= 0.6 is 0 Å². The van der Waals surface area contributed by atoms with Gasteiger partial charge in [0.15, 0.2) is 11.6 Å². The summed E-state index contributed by atoms with van der Waals surface area (Å²) in [4.78, 5) is 4.09. The van der Waals surface area contributed by atoms with Gasteiger partial charge in [0, 0.05) is 17.3 Å². The van der Waals surface area contributed by atoms with Crippen molar-refractivity contribution < 1.29 is 13.9 Å². The second kappa shape index (κ2) is 6.31. The van der Waals surface area contributed by atoms with Gasteiger partial charge in [0.1, 0.15) is 0 Å². The number of benzene rings is 1. The zero-order chi connectivity index (χ0) is 14.5. The number of halogens is 1. The molecule has 0 fully saturated rings. The van der Waals surface area contributed by atoms with Crippen LogP contribution in [-0.2, 0) is 0 Å². The van der Waals surface area contributed by atoms with Crippen LogP contribution in [0.25, 0.3) is 0 Å². The first-order valence-corrected chi connectivity index (χ1v) is 6.00. The van der Waals surface area contributed by atoms with E-state index in [-0.39, 0.29) is 5.75 Å². The van der Waals surface area contributed by atoms with E-state index in [0.29, 0.717) is 17.0 Å². The van der Waals surface area contributed by atoms with Crippen LogP contribution < -0.4 is 20.7 Å². The lowest BCUT2D eigenvalue weighted by atomic mass is 9.99. The standard InChI is InChI=1S/C14H16FN3O2/c1-19-11-7-3-5-9(12(11)15)13(18-16)10-6-4-8-17-14(10)20-2/h3-8,13,18H,16H2,1-2H3. The first-order chi connectivity index (χ1) is 9.72. The predicted molar refractivity (Wildman–Crippen MR) is 72.9 cm³/mol. The van der Waals surface area contributed by atoms with Crippen LogP contribution in [0.1, 0.15) is 17.2 Å². The Morgan fingerprint density at radius 1 is 1.15 bits per heavy atom. The van der Waals surface area contributed by atoms with Crippen molar-refractivity contribution in [3.8, 4) is 11.6 Å². The van der Waals surface area contributed by atoms with Crippen LogP contribution in [-0.4, -0.2) is 19.2 Å². The molecule has 5 nitrogen and oxygen atoms in total. The lowest BCUT2D eigenvalue weighted by Gasteiger charge is -2.20. The number of ether oxygens (including phenoxy) is 2. The molecule has 0 amide bonds. The number of hydrazine groups is 1. The van der Waals surface area contributed by atoms with Crippen LogP contribution in [0.3, 0.4) is 0 Å². The number of nitrogens with two attached hydrogens (primary N) is 1. The summed E-state index contributed by atoms with van der Waals surface area (Å²) in [6.07, 6.45) is 1.60. The van der Waals surface area contributed by atoms with Gasteiger partial charge < -0.3 is 9.47 Å².